The van der Waals surface area contributed by atoms with E-state index < -0.39 is 0 Å². The normalized spacial score (nSPS) is 9.85. The van der Waals surface area contributed by atoms with Crippen LogP contribution < -0.4 is 4.74 Å². The number of methoxy groups -OCH3 is 1. The molecular formula is C9H7N3O. The predicted octanol–water partition coefficient (Wildman–Crippen LogP) is 1.44. The zero-order chi connectivity index (χ0) is 9.26. The van der Waals surface area contributed by atoms with Crippen molar-refractivity contribution in [1.82, 2.24) is 10.2 Å². The van der Waals surface area contributed by atoms with Crippen molar-refractivity contribution >= 4 is 10.9 Å². The number of aromatic nitrogens is 2. The molecule has 4 heteroatoms. The number of hydrogen-bond acceptors (Lipinski definition) is 3. The third-order valence-corrected chi connectivity index (χ3v) is 1.88. The first kappa shape index (κ1) is 7.62. The van der Waals surface area contributed by atoms with Crippen LogP contribution in [-0.4, -0.2) is 17.3 Å². The highest BCUT2D eigenvalue weighted by Crippen LogP contribution is 2.23. The van der Waals surface area contributed by atoms with Gasteiger partial charge >= 0.3 is 0 Å². The van der Waals surface area contributed by atoms with Crippen LogP contribution in [0.2, 0.25) is 0 Å². The van der Waals surface area contributed by atoms with Crippen LogP contribution in [-0.2, 0) is 0 Å². The maximum atomic E-state index is 8.78. The summed E-state index contributed by atoms with van der Waals surface area (Å²) in [7, 11) is 1.54. The molecule has 0 spiro atoms. The average Bonchev–Trinajstić information content (AvgIpc) is 2.62. The number of aromatic amines is 1. The topological polar surface area (TPSA) is 61.7 Å². The van der Waals surface area contributed by atoms with Crippen LogP contribution >= 0.6 is 0 Å². The summed E-state index contributed by atoms with van der Waals surface area (Å²) < 4.78 is 5.05. The molecule has 0 saturated heterocycles. The van der Waals surface area contributed by atoms with Crippen molar-refractivity contribution in [2.45, 2.75) is 0 Å². The molecule has 0 saturated carbocycles. The summed E-state index contributed by atoms with van der Waals surface area (Å²) in [6.45, 7) is 0. The Morgan fingerprint density at radius 1 is 1.54 bits per heavy atom. The molecule has 1 N–H and O–H groups in total. The number of nitriles is 1. The highest BCUT2D eigenvalue weighted by atomic mass is 16.5. The van der Waals surface area contributed by atoms with Crippen molar-refractivity contribution in [2.24, 2.45) is 0 Å². The molecule has 0 radical (unpaired) electrons. The molecule has 0 atom stereocenters. The van der Waals surface area contributed by atoms with Crippen LogP contribution in [0.3, 0.4) is 0 Å². The second-order valence-corrected chi connectivity index (χ2v) is 2.62. The minimum atomic E-state index is 0.513. The number of ether oxygens (including phenoxy) is 1. The van der Waals surface area contributed by atoms with Gasteiger partial charge in [-0.25, -0.2) is 0 Å². The van der Waals surface area contributed by atoms with E-state index in [1.165, 1.54) is 0 Å². The molecule has 64 valence electrons. The van der Waals surface area contributed by atoms with Crippen LogP contribution in [0.25, 0.3) is 10.9 Å². The van der Waals surface area contributed by atoms with Crippen molar-refractivity contribution in [3.63, 3.8) is 0 Å². The highest BCUT2D eigenvalue weighted by Gasteiger charge is 2.05. The van der Waals surface area contributed by atoms with Crippen molar-refractivity contribution in [2.75, 3.05) is 7.11 Å². The molecule has 4 nitrogen and oxygen atoms in total. The summed E-state index contributed by atoms with van der Waals surface area (Å²) in [6, 6.07) is 5.57. The molecule has 0 fully saturated rings. The first-order chi connectivity index (χ1) is 6.35. The highest BCUT2D eigenvalue weighted by molar-refractivity contribution is 5.81. The molecule has 0 aliphatic heterocycles. The van der Waals surface area contributed by atoms with E-state index >= 15 is 0 Å². The fourth-order valence-electron chi connectivity index (χ4n) is 1.23. The molecule has 2 aromatic rings. The quantitative estimate of drug-likeness (QED) is 0.709. The van der Waals surface area contributed by atoms with Crippen LogP contribution in [0.4, 0.5) is 0 Å². The molecule has 0 bridgehead atoms. The molecule has 13 heavy (non-hydrogen) atoms. The van der Waals surface area contributed by atoms with E-state index in [1.807, 2.05) is 0 Å². The molecule has 0 unspecified atom stereocenters. The van der Waals surface area contributed by atoms with Crippen molar-refractivity contribution in [1.29, 1.82) is 5.26 Å². The van der Waals surface area contributed by atoms with E-state index in [1.54, 1.807) is 25.4 Å². The largest absolute Gasteiger partial charge is 0.495 e. The van der Waals surface area contributed by atoms with Crippen LogP contribution in [0.1, 0.15) is 5.56 Å². The zero-order valence-corrected chi connectivity index (χ0v) is 7.03. The lowest BCUT2D eigenvalue weighted by Crippen LogP contribution is -1.87. The second-order valence-electron chi connectivity index (χ2n) is 2.62. The zero-order valence-electron chi connectivity index (χ0n) is 7.03. The van der Waals surface area contributed by atoms with Crippen molar-refractivity contribution < 1.29 is 4.74 Å². The number of hydrogen-bond donors (Lipinski definition) is 1. The first-order valence-electron chi connectivity index (χ1n) is 3.76. The van der Waals surface area contributed by atoms with Crippen molar-refractivity contribution in [3.05, 3.63) is 23.9 Å². The SMILES string of the molecule is COc1cc2cn[nH]c2cc1C#N. The van der Waals surface area contributed by atoms with Gasteiger partial charge in [-0.05, 0) is 12.1 Å². The molecule has 1 aromatic heterocycles. The lowest BCUT2D eigenvalue weighted by atomic mass is 10.1. The number of nitrogens with zero attached hydrogens (tertiary/aromatic N) is 2. The van der Waals surface area contributed by atoms with Gasteiger partial charge in [-0.15, -0.1) is 0 Å². The standard InChI is InChI=1S/C9H7N3O/c1-13-9-3-7-5-11-12-8(7)2-6(9)4-10/h2-3,5H,1H3,(H,11,12). The van der Waals surface area contributed by atoms with Gasteiger partial charge in [0.15, 0.2) is 0 Å². The predicted molar refractivity (Wildman–Crippen MR) is 47.4 cm³/mol. The Balaban J connectivity index is 2.76. The Bertz CT molecular complexity index is 481. The van der Waals surface area contributed by atoms with E-state index in [0.29, 0.717) is 11.3 Å². The second kappa shape index (κ2) is 2.79. The molecule has 0 amide bonds. The monoisotopic (exact) mass is 173 g/mol. The molecular weight excluding hydrogens is 166 g/mol. The van der Waals surface area contributed by atoms with Gasteiger partial charge in [0.25, 0.3) is 0 Å². The Kier molecular flexibility index (Phi) is 1.64. The Hall–Kier alpha value is -2.02. The van der Waals surface area contributed by atoms with E-state index in [2.05, 4.69) is 16.3 Å². The fourth-order valence-corrected chi connectivity index (χ4v) is 1.23. The third-order valence-electron chi connectivity index (χ3n) is 1.88. The van der Waals surface area contributed by atoms with E-state index in [4.69, 9.17) is 10.00 Å². The lowest BCUT2D eigenvalue weighted by Gasteiger charge is -2.01. The van der Waals surface area contributed by atoms with Crippen LogP contribution in [0.5, 0.6) is 5.75 Å². The first-order valence-corrected chi connectivity index (χ1v) is 3.76. The number of H-pyrrole nitrogens is 1. The summed E-state index contributed by atoms with van der Waals surface area (Å²) in [5.41, 5.74) is 1.36. The summed E-state index contributed by atoms with van der Waals surface area (Å²) in [5, 5.41) is 16.4. The summed E-state index contributed by atoms with van der Waals surface area (Å²) >= 11 is 0. The third kappa shape index (κ3) is 1.11. The van der Waals surface area contributed by atoms with E-state index in [9.17, 15) is 0 Å². The molecule has 0 aliphatic carbocycles. The molecule has 1 heterocycles. The lowest BCUT2D eigenvalue weighted by molar-refractivity contribution is 0.414. The van der Waals surface area contributed by atoms with Gasteiger partial charge in [0.05, 0.1) is 24.4 Å². The van der Waals surface area contributed by atoms with Gasteiger partial charge in [0.1, 0.15) is 11.8 Å². The Labute approximate surface area is 74.7 Å². The number of rotatable bonds is 1. The Morgan fingerprint density at radius 2 is 2.38 bits per heavy atom. The summed E-state index contributed by atoms with van der Waals surface area (Å²) in [4.78, 5) is 0. The molecule has 1 aromatic carbocycles. The maximum absolute atomic E-state index is 8.78. The van der Waals surface area contributed by atoms with Gasteiger partial charge in [-0.1, -0.05) is 0 Å². The summed E-state index contributed by atoms with van der Waals surface area (Å²) in [5.74, 6) is 0.580. The van der Waals surface area contributed by atoms with Gasteiger partial charge in [-0.3, -0.25) is 5.10 Å². The fraction of sp³-hybridized carbons (Fsp3) is 0.111. The molecule has 0 aliphatic rings. The van der Waals surface area contributed by atoms with Gasteiger partial charge in [0.2, 0.25) is 0 Å². The number of nitrogens with one attached hydrogen (secondary N) is 1. The Morgan fingerprint density at radius 3 is 3.08 bits per heavy atom. The van der Waals surface area contributed by atoms with Gasteiger partial charge < -0.3 is 4.74 Å². The molecule has 2 rings (SSSR count). The maximum Gasteiger partial charge on any atom is 0.137 e. The summed E-state index contributed by atoms with van der Waals surface area (Å²) in [6.07, 6.45) is 1.69. The smallest absolute Gasteiger partial charge is 0.137 e. The average molecular weight is 173 g/mol. The minimum absolute atomic E-state index is 0.513. The van der Waals surface area contributed by atoms with Crippen molar-refractivity contribution in [3.8, 4) is 11.8 Å². The number of benzene rings is 1. The van der Waals surface area contributed by atoms with Crippen LogP contribution in [0, 0.1) is 11.3 Å². The number of fused-ring (bicyclic) bond motifs is 1. The van der Waals surface area contributed by atoms with Gasteiger partial charge in [0, 0.05) is 5.39 Å². The van der Waals surface area contributed by atoms with Crippen LogP contribution in [0.15, 0.2) is 18.3 Å². The van der Waals surface area contributed by atoms with Gasteiger partial charge in [-0.2, -0.15) is 10.4 Å². The minimum Gasteiger partial charge on any atom is -0.495 e. The van der Waals surface area contributed by atoms with E-state index in [0.717, 1.165) is 10.9 Å². The van der Waals surface area contributed by atoms with E-state index in [-0.39, 0.29) is 0 Å².